The van der Waals surface area contributed by atoms with E-state index in [9.17, 15) is 13.2 Å². The summed E-state index contributed by atoms with van der Waals surface area (Å²) in [6.07, 6.45) is 1.74. The highest BCUT2D eigenvalue weighted by atomic mass is 32.2. The molecular weight excluding hydrogens is 390 g/mol. The predicted molar refractivity (Wildman–Crippen MR) is 112 cm³/mol. The van der Waals surface area contributed by atoms with Crippen LogP contribution in [0.3, 0.4) is 0 Å². The van der Waals surface area contributed by atoms with Gasteiger partial charge in [-0.15, -0.1) is 0 Å². The van der Waals surface area contributed by atoms with Gasteiger partial charge in [-0.1, -0.05) is 18.2 Å². The third-order valence-electron chi connectivity index (χ3n) is 4.70. The fourth-order valence-electron chi connectivity index (χ4n) is 3.19. The summed E-state index contributed by atoms with van der Waals surface area (Å²) in [5.74, 6) is -0.285. The molecule has 1 aliphatic heterocycles. The summed E-state index contributed by atoms with van der Waals surface area (Å²) in [5.41, 5.74) is 2.13. The molecule has 0 radical (unpaired) electrons. The molecule has 1 saturated heterocycles. The number of carbonyl (C=O) groups is 1. The second kappa shape index (κ2) is 9.49. The number of rotatable bonds is 8. The van der Waals surface area contributed by atoms with Gasteiger partial charge in [-0.05, 0) is 62.8 Å². The SMILES string of the molecule is CN(C)Cc1ccccc1NC(=O)c1ccc(S(=O)(=O)NCC2CCCO2)cc1. The van der Waals surface area contributed by atoms with E-state index in [4.69, 9.17) is 4.74 Å². The van der Waals surface area contributed by atoms with Crippen molar-refractivity contribution < 1.29 is 17.9 Å². The van der Waals surface area contributed by atoms with Crippen LogP contribution in [0.4, 0.5) is 5.69 Å². The Morgan fingerprint density at radius 2 is 1.86 bits per heavy atom. The summed E-state index contributed by atoms with van der Waals surface area (Å²) in [5, 5.41) is 2.91. The van der Waals surface area contributed by atoms with E-state index in [0.717, 1.165) is 24.1 Å². The largest absolute Gasteiger partial charge is 0.377 e. The molecule has 1 amide bonds. The summed E-state index contributed by atoms with van der Waals surface area (Å²) in [6, 6.07) is 13.5. The van der Waals surface area contributed by atoms with Gasteiger partial charge in [0.05, 0.1) is 11.0 Å². The van der Waals surface area contributed by atoms with E-state index in [1.807, 2.05) is 43.3 Å². The van der Waals surface area contributed by atoms with Gasteiger partial charge in [0, 0.05) is 30.9 Å². The average Bonchev–Trinajstić information content (AvgIpc) is 3.21. The van der Waals surface area contributed by atoms with E-state index >= 15 is 0 Å². The van der Waals surface area contributed by atoms with E-state index in [1.165, 1.54) is 24.3 Å². The van der Waals surface area contributed by atoms with Crippen molar-refractivity contribution in [2.75, 3.05) is 32.6 Å². The summed E-state index contributed by atoms with van der Waals surface area (Å²) in [7, 11) is 0.289. The van der Waals surface area contributed by atoms with Crippen LogP contribution in [-0.2, 0) is 21.3 Å². The third kappa shape index (κ3) is 5.86. The molecular formula is C21H27N3O4S. The zero-order valence-electron chi connectivity index (χ0n) is 16.7. The molecule has 1 heterocycles. The monoisotopic (exact) mass is 417 g/mol. The molecule has 0 bridgehead atoms. The topological polar surface area (TPSA) is 87.7 Å². The van der Waals surface area contributed by atoms with E-state index in [1.54, 1.807) is 0 Å². The molecule has 1 fully saturated rings. The Labute approximate surface area is 172 Å². The van der Waals surface area contributed by atoms with Gasteiger partial charge in [0.1, 0.15) is 0 Å². The van der Waals surface area contributed by atoms with Crippen molar-refractivity contribution in [3.8, 4) is 0 Å². The number of nitrogens with one attached hydrogen (secondary N) is 2. The van der Waals surface area contributed by atoms with E-state index in [-0.39, 0.29) is 23.5 Å². The average molecular weight is 418 g/mol. The van der Waals surface area contributed by atoms with Crippen molar-refractivity contribution in [2.24, 2.45) is 0 Å². The number of amides is 1. The second-order valence-electron chi connectivity index (χ2n) is 7.36. The number of ether oxygens (including phenoxy) is 1. The maximum absolute atomic E-state index is 12.6. The second-order valence-corrected chi connectivity index (χ2v) is 9.13. The highest BCUT2D eigenvalue weighted by Gasteiger charge is 2.20. The lowest BCUT2D eigenvalue weighted by Crippen LogP contribution is -2.31. The molecule has 2 N–H and O–H groups in total. The lowest BCUT2D eigenvalue weighted by atomic mass is 10.1. The zero-order chi connectivity index (χ0) is 20.9. The summed E-state index contributed by atoms with van der Waals surface area (Å²) in [6.45, 7) is 1.63. The Morgan fingerprint density at radius 3 is 2.52 bits per heavy atom. The first-order chi connectivity index (χ1) is 13.8. The van der Waals surface area contributed by atoms with Crippen LogP contribution in [0, 0.1) is 0 Å². The number of nitrogens with zero attached hydrogens (tertiary/aromatic N) is 1. The van der Waals surface area contributed by atoms with Gasteiger partial charge < -0.3 is 15.0 Å². The smallest absolute Gasteiger partial charge is 0.255 e. The van der Waals surface area contributed by atoms with Gasteiger partial charge in [0.15, 0.2) is 0 Å². The predicted octanol–water partition coefficient (Wildman–Crippen LogP) is 2.46. The summed E-state index contributed by atoms with van der Waals surface area (Å²) in [4.78, 5) is 14.8. The quantitative estimate of drug-likeness (QED) is 0.689. The van der Waals surface area contributed by atoms with Gasteiger partial charge in [0.25, 0.3) is 5.91 Å². The molecule has 1 unspecified atom stereocenters. The van der Waals surface area contributed by atoms with Crippen LogP contribution in [-0.4, -0.2) is 52.6 Å². The molecule has 1 aliphatic rings. The summed E-state index contributed by atoms with van der Waals surface area (Å²) >= 11 is 0. The number of para-hydroxylation sites is 1. The summed E-state index contributed by atoms with van der Waals surface area (Å²) < 4.78 is 32.9. The molecule has 3 rings (SSSR count). The van der Waals surface area contributed by atoms with Crippen molar-refractivity contribution in [3.63, 3.8) is 0 Å². The molecule has 29 heavy (non-hydrogen) atoms. The zero-order valence-corrected chi connectivity index (χ0v) is 17.5. The lowest BCUT2D eigenvalue weighted by Gasteiger charge is -2.15. The third-order valence-corrected chi connectivity index (χ3v) is 6.14. The Balaban J connectivity index is 1.66. The molecule has 8 heteroatoms. The van der Waals surface area contributed by atoms with Crippen molar-refractivity contribution in [1.29, 1.82) is 0 Å². The molecule has 1 atom stereocenters. The first-order valence-electron chi connectivity index (χ1n) is 9.60. The number of anilines is 1. The normalized spacial score (nSPS) is 16.9. The molecule has 156 valence electrons. The molecule has 0 saturated carbocycles. The van der Waals surface area contributed by atoms with E-state index < -0.39 is 10.0 Å². The van der Waals surface area contributed by atoms with Crippen LogP contribution < -0.4 is 10.0 Å². The Bertz CT molecular complexity index is 937. The van der Waals surface area contributed by atoms with Crippen LogP contribution in [0.25, 0.3) is 0 Å². The maximum atomic E-state index is 12.6. The highest BCUT2D eigenvalue weighted by molar-refractivity contribution is 7.89. The maximum Gasteiger partial charge on any atom is 0.255 e. The van der Waals surface area contributed by atoms with Crippen LogP contribution in [0.5, 0.6) is 0 Å². The van der Waals surface area contributed by atoms with Gasteiger partial charge in [0.2, 0.25) is 10.0 Å². The number of hydrogen-bond donors (Lipinski definition) is 2. The van der Waals surface area contributed by atoms with Gasteiger partial charge >= 0.3 is 0 Å². The van der Waals surface area contributed by atoms with Crippen molar-refractivity contribution >= 4 is 21.6 Å². The Hall–Kier alpha value is -2.26. The van der Waals surface area contributed by atoms with Crippen LogP contribution >= 0.6 is 0 Å². The van der Waals surface area contributed by atoms with Crippen molar-refractivity contribution in [1.82, 2.24) is 9.62 Å². The fraction of sp³-hybridized carbons (Fsp3) is 0.381. The van der Waals surface area contributed by atoms with E-state index in [2.05, 4.69) is 10.0 Å². The molecule has 0 aliphatic carbocycles. The van der Waals surface area contributed by atoms with Crippen LogP contribution in [0.1, 0.15) is 28.8 Å². The fourth-order valence-corrected chi connectivity index (χ4v) is 4.26. The van der Waals surface area contributed by atoms with Gasteiger partial charge in [-0.2, -0.15) is 0 Å². The van der Waals surface area contributed by atoms with E-state index in [0.29, 0.717) is 18.7 Å². The van der Waals surface area contributed by atoms with Gasteiger partial charge in [-0.25, -0.2) is 13.1 Å². The Kier molecular flexibility index (Phi) is 7.02. The first kappa shape index (κ1) is 21.4. The highest BCUT2D eigenvalue weighted by Crippen LogP contribution is 2.19. The molecule has 7 nitrogen and oxygen atoms in total. The number of sulfonamides is 1. The van der Waals surface area contributed by atoms with Crippen molar-refractivity contribution in [3.05, 3.63) is 59.7 Å². The minimum Gasteiger partial charge on any atom is -0.377 e. The standard InChI is InChI=1S/C21H27N3O4S/c1-24(2)15-17-6-3-4-8-20(17)23-21(25)16-9-11-19(12-10-16)29(26,27)22-14-18-7-5-13-28-18/h3-4,6,8-12,18,22H,5,7,13-15H2,1-2H3,(H,23,25). The molecule has 0 spiro atoms. The minimum atomic E-state index is -3.64. The van der Waals surface area contributed by atoms with Gasteiger partial charge in [-0.3, -0.25) is 4.79 Å². The molecule has 2 aromatic rings. The molecule has 2 aromatic carbocycles. The number of carbonyl (C=O) groups excluding carboxylic acids is 1. The Morgan fingerprint density at radius 1 is 1.14 bits per heavy atom. The molecule has 0 aromatic heterocycles. The van der Waals surface area contributed by atoms with Crippen LogP contribution in [0.15, 0.2) is 53.4 Å². The van der Waals surface area contributed by atoms with Crippen LogP contribution in [0.2, 0.25) is 0 Å². The lowest BCUT2D eigenvalue weighted by molar-refractivity contribution is 0.102. The van der Waals surface area contributed by atoms with Crippen molar-refractivity contribution in [2.45, 2.75) is 30.4 Å². The minimum absolute atomic E-state index is 0.0722. The number of benzene rings is 2. The first-order valence-corrected chi connectivity index (χ1v) is 11.1. The number of hydrogen-bond acceptors (Lipinski definition) is 5.